The van der Waals surface area contributed by atoms with Crippen molar-refractivity contribution in [1.29, 1.82) is 0 Å². The van der Waals surface area contributed by atoms with Gasteiger partial charge in [-0.15, -0.1) is 0 Å². The molecule has 1 saturated carbocycles. The molecule has 1 amide bonds. The van der Waals surface area contributed by atoms with Gasteiger partial charge in [0.05, 0.1) is 12.9 Å². The van der Waals surface area contributed by atoms with E-state index in [2.05, 4.69) is 10.0 Å². The van der Waals surface area contributed by atoms with E-state index in [1.165, 1.54) is 0 Å². The SMILES string of the molecule is CCS(=O)(=O)NC1(C(=O)NCCc2ccc(OC/C=C/c3ccc(Cl)cc3)c(OC)c2)CCCCC1. The smallest absolute Gasteiger partial charge is 0.241 e. The number of benzene rings is 2. The third-order valence-electron chi connectivity index (χ3n) is 6.32. The van der Waals surface area contributed by atoms with Crippen LogP contribution in [0.3, 0.4) is 0 Å². The van der Waals surface area contributed by atoms with E-state index < -0.39 is 15.6 Å². The van der Waals surface area contributed by atoms with Crippen LogP contribution in [0, 0.1) is 0 Å². The summed E-state index contributed by atoms with van der Waals surface area (Å²) in [5.41, 5.74) is 0.954. The van der Waals surface area contributed by atoms with Crippen molar-refractivity contribution in [2.24, 2.45) is 0 Å². The molecule has 2 aromatic carbocycles. The molecule has 196 valence electrons. The van der Waals surface area contributed by atoms with E-state index >= 15 is 0 Å². The molecule has 0 atom stereocenters. The fourth-order valence-electron chi connectivity index (χ4n) is 4.27. The molecule has 0 aliphatic heterocycles. The Bertz CT molecular complexity index is 1140. The lowest BCUT2D eigenvalue weighted by Crippen LogP contribution is -2.60. The molecule has 2 N–H and O–H groups in total. The van der Waals surface area contributed by atoms with E-state index in [9.17, 15) is 13.2 Å². The second kappa shape index (κ2) is 13.1. The first-order chi connectivity index (χ1) is 17.3. The van der Waals surface area contributed by atoms with Crippen molar-refractivity contribution in [3.8, 4) is 11.5 Å². The molecular weight excluding hydrogens is 500 g/mol. The molecule has 0 saturated heterocycles. The van der Waals surface area contributed by atoms with Crippen molar-refractivity contribution in [3.05, 3.63) is 64.7 Å². The molecule has 1 aliphatic carbocycles. The topological polar surface area (TPSA) is 93.7 Å². The summed E-state index contributed by atoms with van der Waals surface area (Å²) in [7, 11) is -1.91. The first-order valence-electron chi connectivity index (χ1n) is 12.3. The highest BCUT2D eigenvalue weighted by atomic mass is 35.5. The normalized spacial score (nSPS) is 15.5. The maximum absolute atomic E-state index is 13.1. The van der Waals surface area contributed by atoms with Crippen LogP contribution >= 0.6 is 11.6 Å². The first kappa shape index (κ1) is 28.0. The van der Waals surface area contributed by atoms with Crippen LogP contribution in [-0.2, 0) is 21.2 Å². The number of ether oxygens (including phenoxy) is 2. The van der Waals surface area contributed by atoms with E-state index in [4.69, 9.17) is 21.1 Å². The summed E-state index contributed by atoms with van der Waals surface area (Å²) in [4.78, 5) is 13.1. The minimum atomic E-state index is -3.49. The number of amides is 1. The van der Waals surface area contributed by atoms with Crippen molar-refractivity contribution < 1.29 is 22.7 Å². The molecule has 3 rings (SSSR count). The predicted octanol–water partition coefficient (Wildman–Crippen LogP) is 4.74. The second-order valence-electron chi connectivity index (χ2n) is 8.90. The van der Waals surface area contributed by atoms with Crippen molar-refractivity contribution in [2.75, 3.05) is 26.0 Å². The number of nitrogens with one attached hydrogen (secondary N) is 2. The van der Waals surface area contributed by atoms with Gasteiger partial charge >= 0.3 is 0 Å². The molecule has 0 bridgehead atoms. The number of sulfonamides is 1. The van der Waals surface area contributed by atoms with Gasteiger partial charge in [-0.2, -0.15) is 4.72 Å². The van der Waals surface area contributed by atoms with E-state index in [-0.39, 0.29) is 11.7 Å². The number of rotatable bonds is 12. The maximum atomic E-state index is 13.1. The third-order valence-corrected chi connectivity index (χ3v) is 8.03. The zero-order chi connectivity index (χ0) is 26.0. The van der Waals surface area contributed by atoms with Crippen LogP contribution in [0.15, 0.2) is 48.5 Å². The fourth-order valence-corrected chi connectivity index (χ4v) is 5.44. The predicted molar refractivity (Wildman–Crippen MR) is 144 cm³/mol. The van der Waals surface area contributed by atoms with Crippen molar-refractivity contribution >= 4 is 33.6 Å². The first-order valence-corrected chi connectivity index (χ1v) is 14.3. The molecule has 1 aliphatic rings. The van der Waals surface area contributed by atoms with Gasteiger partial charge in [-0.3, -0.25) is 4.79 Å². The summed E-state index contributed by atoms with van der Waals surface area (Å²) in [6.45, 7) is 2.35. The van der Waals surface area contributed by atoms with Crippen molar-refractivity contribution in [2.45, 2.75) is 51.0 Å². The lowest BCUT2D eigenvalue weighted by Gasteiger charge is -2.36. The second-order valence-corrected chi connectivity index (χ2v) is 11.4. The Kier molecular flexibility index (Phi) is 10.2. The standard InChI is InChI=1S/C27H35ClN2O5S/c1-3-36(32,33)30-27(16-5-4-6-17-27)26(31)29-18-15-22-11-14-24(25(20-22)34-2)35-19-7-8-21-9-12-23(28)13-10-21/h7-14,20,30H,3-6,15-19H2,1-2H3,(H,29,31)/b8-7+. The highest BCUT2D eigenvalue weighted by molar-refractivity contribution is 7.89. The fraction of sp³-hybridized carbons (Fsp3) is 0.444. The van der Waals surface area contributed by atoms with Gasteiger partial charge in [-0.1, -0.05) is 55.1 Å². The molecule has 1 fully saturated rings. The van der Waals surface area contributed by atoms with E-state index in [1.807, 2.05) is 54.6 Å². The largest absolute Gasteiger partial charge is 0.493 e. The van der Waals surface area contributed by atoms with Crippen LogP contribution in [0.5, 0.6) is 11.5 Å². The Balaban J connectivity index is 1.54. The summed E-state index contributed by atoms with van der Waals surface area (Å²) >= 11 is 5.91. The van der Waals surface area contributed by atoms with E-state index in [0.29, 0.717) is 48.9 Å². The summed E-state index contributed by atoms with van der Waals surface area (Å²) in [6.07, 6.45) is 8.15. The summed E-state index contributed by atoms with van der Waals surface area (Å²) in [5.74, 6) is 0.936. The number of hydrogen-bond acceptors (Lipinski definition) is 5. The molecule has 9 heteroatoms. The van der Waals surface area contributed by atoms with Gasteiger partial charge in [-0.05, 0) is 67.7 Å². The Labute approximate surface area is 219 Å². The van der Waals surface area contributed by atoms with Crippen LogP contribution < -0.4 is 19.5 Å². The molecule has 0 unspecified atom stereocenters. The average Bonchev–Trinajstić information content (AvgIpc) is 2.88. The number of halogens is 1. The zero-order valence-corrected chi connectivity index (χ0v) is 22.5. The Hall–Kier alpha value is -2.55. The third kappa shape index (κ3) is 7.98. The number of methoxy groups -OCH3 is 1. The summed E-state index contributed by atoms with van der Waals surface area (Å²) < 4.78 is 38.5. The Morgan fingerprint density at radius 1 is 1.08 bits per heavy atom. The Morgan fingerprint density at radius 3 is 2.47 bits per heavy atom. The lowest BCUT2D eigenvalue weighted by atomic mass is 9.82. The van der Waals surface area contributed by atoms with Crippen LogP contribution in [0.2, 0.25) is 5.02 Å². The van der Waals surface area contributed by atoms with E-state index in [1.54, 1.807) is 14.0 Å². The highest BCUT2D eigenvalue weighted by Crippen LogP contribution is 2.30. The van der Waals surface area contributed by atoms with Gasteiger partial charge in [-0.25, -0.2) is 8.42 Å². The van der Waals surface area contributed by atoms with Gasteiger partial charge < -0.3 is 14.8 Å². The van der Waals surface area contributed by atoms with E-state index in [0.717, 1.165) is 30.4 Å². The molecule has 0 heterocycles. The molecule has 7 nitrogen and oxygen atoms in total. The molecule has 36 heavy (non-hydrogen) atoms. The molecule has 0 aromatic heterocycles. The minimum Gasteiger partial charge on any atom is -0.493 e. The highest BCUT2D eigenvalue weighted by Gasteiger charge is 2.42. The van der Waals surface area contributed by atoms with Gasteiger partial charge in [0.15, 0.2) is 11.5 Å². The van der Waals surface area contributed by atoms with Crippen LogP contribution in [0.25, 0.3) is 6.08 Å². The minimum absolute atomic E-state index is 0.0484. The number of hydrogen-bond donors (Lipinski definition) is 2. The monoisotopic (exact) mass is 534 g/mol. The number of carbonyl (C=O) groups excluding carboxylic acids is 1. The average molecular weight is 535 g/mol. The summed E-state index contributed by atoms with van der Waals surface area (Å²) in [5, 5.41) is 3.64. The van der Waals surface area contributed by atoms with Gasteiger partial charge in [0.1, 0.15) is 12.1 Å². The lowest BCUT2D eigenvalue weighted by molar-refractivity contribution is -0.128. The van der Waals surface area contributed by atoms with Gasteiger partial charge in [0, 0.05) is 11.6 Å². The van der Waals surface area contributed by atoms with Gasteiger partial charge in [0.2, 0.25) is 15.9 Å². The maximum Gasteiger partial charge on any atom is 0.241 e. The van der Waals surface area contributed by atoms with Crippen LogP contribution in [0.4, 0.5) is 0 Å². The quantitative estimate of drug-likeness (QED) is 0.410. The zero-order valence-electron chi connectivity index (χ0n) is 20.9. The van der Waals surface area contributed by atoms with Crippen LogP contribution in [-0.4, -0.2) is 45.9 Å². The van der Waals surface area contributed by atoms with Crippen molar-refractivity contribution in [1.82, 2.24) is 10.0 Å². The van der Waals surface area contributed by atoms with Crippen molar-refractivity contribution in [3.63, 3.8) is 0 Å². The van der Waals surface area contributed by atoms with Gasteiger partial charge in [0.25, 0.3) is 0 Å². The molecule has 0 radical (unpaired) electrons. The van der Waals surface area contributed by atoms with Crippen LogP contribution in [0.1, 0.15) is 50.2 Å². The molecule has 0 spiro atoms. The molecular formula is C27H35ClN2O5S. The molecule has 2 aromatic rings. The Morgan fingerprint density at radius 2 is 1.81 bits per heavy atom. The number of carbonyl (C=O) groups is 1. The summed E-state index contributed by atoms with van der Waals surface area (Å²) in [6, 6.07) is 13.2.